The predicted octanol–water partition coefficient (Wildman–Crippen LogP) is 0.643. The van der Waals surface area contributed by atoms with Gasteiger partial charge in [0.2, 0.25) is 5.91 Å². The summed E-state index contributed by atoms with van der Waals surface area (Å²) in [4.78, 5) is 18.9. The van der Waals surface area contributed by atoms with Crippen molar-refractivity contribution < 1.29 is 9.90 Å². The van der Waals surface area contributed by atoms with E-state index in [1.54, 1.807) is 4.90 Å². The van der Waals surface area contributed by atoms with Gasteiger partial charge in [0, 0.05) is 46.3 Å². The highest BCUT2D eigenvalue weighted by Crippen LogP contribution is 2.10. The van der Waals surface area contributed by atoms with E-state index in [0.717, 1.165) is 38.3 Å². The maximum Gasteiger partial charge on any atom is 0.239 e. The molecule has 0 saturated carbocycles. The Morgan fingerprint density at radius 3 is 2.45 bits per heavy atom. The van der Waals surface area contributed by atoms with Crippen LogP contribution in [0.25, 0.3) is 0 Å². The molecule has 0 spiro atoms. The van der Waals surface area contributed by atoms with E-state index in [2.05, 4.69) is 9.80 Å². The molecule has 122 valence electrons. The Hall–Kier alpha value is -1.43. The van der Waals surface area contributed by atoms with Gasteiger partial charge in [0.15, 0.2) is 0 Å². The number of hydrogen-bond acceptors (Lipinski definition) is 4. The van der Waals surface area contributed by atoms with Crippen molar-refractivity contribution in [3.63, 3.8) is 0 Å². The fourth-order valence-corrected chi connectivity index (χ4v) is 2.93. The average Bonchev–Trinajstić information content (AvgIpc) is 2.55. The number of amides is 1. The summed E-state index contributed by atoms with van der Waals surface area (Å²) in [5.41, 5.74) is 1.15. The fraction of sp³-hybridized carbons (Fsp3) is 0.588. The summed E-state index contributed by atoms with van der Waals surface area (Å²) in [5.74, 6) is 0.166. The van der Waals surface area contributed by atoms with Crippen LogP contribution >= 0.6 is 0 Å². The van der Waals surface area contributed by atoms with Gasteiger partial charge in [-0.1, -0.05) is 30.3 Å². The van der Waals surface area contributed by atoms with Crippen molar-refractivity contribution in [1.29, 1.82) is 0 Å². The van der Waals surface area contributed by atoms with Crippen LogP contribution in [-0.4, -0.2) is 78.1 Å². The first-order chi connectivity index (χ1) is 10.6. The molecule has 0 radical (unpaired) electrons. The van der Waals surface area contributed by atoms with Crippen molar-refractivity contribution in [2.75, 3.05) is 46.4 Å². The van der Waals surface area contributed by atoms with Gasteiger partial charge in [0.25, 0.3) is 0 Å². The van der Waals surface area contributed by atoms with E-state index < -0.39 is 0 Å². The van der Waals surface area contributed by atoms with Gasteiger partial charge < -0.3 is 10.0 Å². The lowest BCUT2D eigenvalue weighted by Gasteiger charge is -2.38. The standard InChI is InChI=1S/C17H27N3O2/c1-15(20-10-8-19(9-11-20)12-13-21)17(22)18(2)14-16-6-4-3-5-7-16/h3-7,15,21H,8-14H2,1-2H3/t15-/m0/s1. The lowest BCUT2D eigenvalue weighted by molar-refractivity contribution is -0.136. The number of benzene rings is 1. The van der Waals surface area contributed by atoms with Crippen molar-refractivity contribution in [2.45, 2.75) is 19.5 Å². The largest absolute Gasteiger partial charge is 0.395 e. The molecule has 1 aliphatic heterocycles. The lowest BCUT2D eigenvalue weighted by Crippen LogP contribution is -2.54. The number of aliphatic hydroxyl groups excluding tert-OH is 1. The molecule has 1 heterocycles. The second kappa shape index (κ2) is 8.27. The molecule has 0 aromatic heterocycles. The smallest absolute Gasteiger partial charge is 0.239 e. The molecule has 0 aliphatic carbocycles. The van der Waals surface area contributed by atoms with Crippen LogP contribution in [0.1, 0.15) is 12.5 Å². The topological polar surface area (TPSA) is 47.0 Å². The van der Waals surface area contributed by atoms with E-state index in [0.29, 0.717) is 6.54 Å². The molecule has 0 unspecified atom stereocenters. The molecule has 2 rings (SSSR count). The first-order valence-corrected chi connectivity index (χ1v) is 7.98. The maximum absolute atomic E-state index is 12.6. The van der Waals surface area contributed by atoms with E-state index in [1.165, 1.54) is 0 Å². The minimum Gasteiger partial charge on any atom is -0.395 e. The summed E-state index contributed by atoms with van der Waals surface area (Å²) in [7, 11) is 1.87. The van der Waals surface area contributed by atoms with Gasteiger partial charge in [0.05, 0.1) is 12.6 Å². The molecule has 1 fully saturated rings. The number of piperazine rings is 1. The second-order valence-electron chi connectivity index (χ2n) is 5.96. The molecule has 1 aromatic carbocycles. The molecule has 1 amide bonds. The fourth-order valence-electron chi connectivity index (χ4n) is 2.93. The van der Waals surface area contributed by atoms with Gasteiger partial charge in [-0.25, -0.2) is 0 Å². The van der Waals surface area contributed by atoms with Crippen molar-refractivity contribution >= 4 is 5.91 Å². The molecule has 5 heteroatoms. The van der Waals surface area contributed by atoms with Gasteiger partial charge in [-0.05, 0) is 12.5 Å². The van der Waals surface area contributed by atoms with Crippen LogP contribution in [0.5, 0.6) is 0 Å². The number of aliphatic hydroxyl groups is 1. The Kier molecular flexibility index (Phi) is 6.36. The van der Waals surface area contributed by atoms with Crippen LogP contribution < -0.4 is 0 Å². The highest BCUT2D eigenvalue weighted by Gasteiger charge is 2.27. The second-order valence-corrected chi connectivity index (χ2v) is 5.96. The third-order valence-corrected chi connectivity index (χ3v) is 4.37. The molecule has 1 atom stereocenters. The summed E-state index contributed by atoms with van der Waals surface area (Å²) < 4.78 is 0. The predicted molar refractivity (Wildman–Crippen MR) is 87.5 cm³/mol. The molecule has 1 aliphatic rings. The Labute approximate surface area is 133 Å². The zero-order valence-electron chi connectivity index (χ0n) is 13.6. The average molecular weight is 305 g/mol. The summed E-state index contributed by atoms with van der Waals surface area (Å²) >= 11 is 0. The highest BCUT2D eigenvalue weighted by atomic mass is 16.3. The summed E-state index contributed by atoms with van der Waals surface area (Å²) in [5, 5.41) is 8.98. The van der Waals surface area contributed by atoms with Crippen LogP contribution in [-0.2, 0) is 11.3 Å². The minimum absolute atomic E-state index is 0.0926. The van der Waals surface area contributed by atoms with E-state index in [-0.39, 0.29) is 18.6 Å². The molecule has 1 saturated heterocycles. The Bertz CT molecular complexity index is 458. The van der Waals surface area contributed by atoms with Crippen molar-refractivity contribution in [1.82, 2.24) is 14.7 Å². The van der Waals surface area contributed by atoms with Crippen molar-refractivity contribution in [3.05, 3.63) is 35.9 Å². The SMILES string of the molecule is C[C@@H](C(=O)N(C)Cc1ccccc1)N1CCN(CCO)CC1. The summed E-state index contributed by atoms with van der Waals surface area (Å²) in [6, 6.07) is 9.98. The number of β-amino-alcohol motifs (C(OH)–C–C–N with tert-alkyl or cyclic N) is 1. The number of rotatable bonds is 6. The summed E-state index contributed by atoms with van der Waals surface area (Å²) in [6.45, 7) is 7.16. The van der Waals surface area contributed by atoms with E-state index >= 15 is 0 Å². The van der Waals surface area contributed by atoms with Crippen LogP contribution in [0, 0.1) is 0 Å². The molecule has 0 bridgehead atoms. The van der Waals surface area contributed by atoms with Gasteiger partial charge in [-0.3, -0.25) is 14.6 Å². The van der Waals surface area contributed by atoms with E-state index in [4.69, 9.17) is 5.11 Å². The van der Waals surface area contributed by atoms with Crippen LogP contribution in [0.4, 0.5) is 0 Å². The van der Waals surface area contributed by atoms with Crippen LogP contribution in [0.15, 0.2) is 30.3 Å². The van der Waals surface area contributed by atoms with E-state index in [9.17, 15) is 4.79 Å². The zero-order valence-corrected chi connectivity index (χ0v) is 13.6. The number of carbonyl (C=O) groups excluding carboxylic acids is 1. The Morgan fingerprint density at radius 2 is 1.86 bits per heavy atom. The first kappa shape index (κ1) is 16.9. The zero-order chi connectivity index (χ0) is 15.9. The van der Waals surface area contributed by atoms with Gasteiger partial charge in [0.1, 0.15) is 0 Å². The number of hydrogen-bond donors (Lipinski definition) is 1. The maximum atomic E-state index is 12.6. The Morgan fingerprint density at radius 1 is 1.23 bits per heavy atom. The number of likely N-dealkylation sites (N-methyl/N-ethyl adjacent to an activating group) is 1. The molecular weight excluding hydrogens is 278 g/mol. The van der Waals surface area contributed by atoms with Crippen LogP contribution in [0.2, 0.25) is 0 Å². The molecule has 1 aromatic rings. The summed E-state index contributed by atoms with van der Waals surface area (Å²) in [6.07, 6.45) is 0. The van der Waals surface area contributed by atoms with Gasteiger partial charge >= 0.3 is 0 Å². The first-order valence-electron chi connectivity index (χ1n) is 7.98. The molecule has 22 heavy (non-hydrogen) atoms. The van der Waals surface area contributed by atoms with Crippen molar-refractivity contribution in [3.8, 4) is 0 Å². The monoisotopic (exact) mass is 305 g/mol. The normalized spacial score (nSPS) is 18.1. The highest BCUT2D eigenvalue weighted by molar-refractivity contribution is 5.81. The number of carbonyl (C=O) groups is 1. The van der Waals surface area contributed by atoms with Gasteiger partial charge in [-0.2, -0.15) is 0 Å². The number of nitrogens with zero attached hydrogens (tertiary/aromatic N) is 3. The lowest BCUT2D eigenvalue weighted by atomic mass is 10.1. The third-order valence-electron chi connectivity index (χ3n) is 4.37. The molecule has 5 nitrogen and oxygen atoms in total. The quantitative estimate of drug-likeness (QED) is 0.838. The van der Waals surface area contributed by atoms with Gasteiger partial charge in [-0.15, -0.1) is 0 Å². The molecular formula is C17H27N3O2. The Balaban J connectivity index is 1.84. The van der Waals surface area contributed by atoms with E-state index in [1.807, 2.05) is 44.3 Å². The van der Waals surface area contributed by atoms with Crippen LogP contribution in [0.3, 0.4) is 0 Å². The van der Waals surface area contributed by atoms with Crippen molar-refractivity contribution in [2.24, 2.45) is 0 Å². The third kappa shape index (κ3) is 4.53. The minimum atomic E-state index is -0.0926. The molecule has 1 N–H and O–H groups in total.